The number of carbonyl (C=O) groups excluding carboxylic acids is 1. The van der Waals surface area contributed by atoms with Crippen LogP contribution in [0.2, 0.25) is 0 Å². The lowest BCUT2D eigenvalue weighted by Crippen LogP contribution is -2.34. The minimum atomic E-state index is 0.0397. The molecule has 2 aliphatic rings. The van der Waals surface area contributed by atoms with Crippen LogP contribution in [0.4, 0.5) is 5.69 Å². The highest BCUT2D eigenvalue weighted by Gasteiger charge is 2.30. The molecule has 0 saturated heterocycles. The summed E-state index contributed by atoms with van der Waals surface area (Å²) in [7, 11) is 1.97. The zero-order valence-corrected chi connectivity index (χ0v) is 13.1. The van der Waals surface area contributed by atoms with Gasteiger partial charge in [-0.1, -0.05) is 42.5 Å². The van der Waals surface area contributed by atoms with Crippen molar-refractivity contribution in [2.45, 2.75) is 13.5 Å². The van der Waals surface area contributed by atoms with Crippen LogP contribution in [0, 0.1) is 0 Å². The van der Waals surface area contributed by atoms with Gasteiger partial charge in [0, 0.05) is 25.1 Å². The zero-order valence-electron chi connectivity index (χ0n) is 13.1. The van der Waals surface area contributed by atoms with Gasteiger partial charge in [-0.25, -0.2) is 0 Å². The van der Waals surface area contributed by atoms with Gasteiger partial charge in [0.1, 0.15) is 0 Å². The van der Waals surface area contributed by atoms with Crippen molar-refractivity contribution in [2.75, 3.05) is 11.9 Å². The molecular weight excluding hydrogens is 288 g/mol. The van der Waals surface area contributed by atoms with Gasteiger partial charge in [0.15, 0.2) is 0 Å². The predicted molar refractivity (Wildman–Crippen MR) is 90.6 cm³/mol. The standard InChI is InChI=1S/C18H18N4O/c1-12(23)22-11-13-7-3-4-8-14(13)17-18(21(2)20-19-17)15-9-5-6-10-16(15)22/h3-10,19-20H,11H2,1-2H3. The van der Waals surface area contributed by atoms with E-state index in [0.717, 1.165) is 33.8 Å². The second kappa shape index (κ2) is 5.14. The van der Waals surface area contributed by atoms with E-state index in [0.29, 0.717) is 6.54 Å². The molecule has 116 valence electrons. The van der Waals surface area contributed by atoms with Crippen LogP contribution in [0.3, 0.4) is 0 Å². The Morgan fingerprint density at radius 3 is 2.52 bits per heavy atom. The predicted octanol–water partition coefficient (Wildman–Crippen LogP) is 2.33. The van der Waals surface area contributed by atoms with Gasteiger partial charge in [-0.3, -0.25) is 9.80 Å². The van der Waals surface area contributed by atoms with E-state index < -0.39 is 0 Å². The Balaban J connectivity index is 2.06. The Labute approximate surface area is 135 Å². The SMILES string of the molecule is CC(=O)N1Cc2ccccc2C2=C(c3ccccc31)N(C)NN2. The molecule has 2 aliphatic heterocycles. The number of benzene rings is 2. The summed E-state index contributed by atoms with van der Waals surface area (Å²) in [6.07, 6.45) is 0. The number of hydrogen-bond donors (Lipinski definition) is 2. The normalized spacial score (nSPS) is 16.1. The Morgan fingerprint density at radius 1 is 1.04 bits per heavy atom. The van der Waals surface area contributed by atoms with Crippen LogP contribution in [0.1, 0.15) is 23.6 Å². The highest BCUT2D eigenvalue weighted by molar-refractivity contribution is 6.01. The second-order valence-corrected chi connectivity index (χ2v) is 5.80. The van der Waals surface area contributed by atoms with Crippen LogP contribution in [0.15, 0.2) is 48.5 Å². The van der Waals surface area contributed by atoms with E-state index in [9.17, 15) is 4.79 Å². The minimum Gasteiger partial charge on any atom is -0.308 e. The molecule has 0 atom stereocenters. The third-order valence-electron chi connectivity index (χ3n) is 4.37. The molecule has 0 radical (unpaired) electrons. The molecule has 2 N–H and O–H groups in total. The van der Waals surface area contributed by atoms with E-state index in [1.54, 1.807) is 6.92 Å². The molecule has 5 nitrogen and oxygen atoms in total. The molecule has 0 fully saturated rings. The number of carbonyl (C=O) groups is 1. The molecule has 0 saturated carbocycles. The molecule has 0 bridgehead atoms. The number of amides is 1. The van der Waals surface area contributed by atoms with Crippen molar-refractivity contribution in [3.05, 3.63) is 65.2 Å². The molecular formula is C18H18N4O. The summed E-state index contributed by atoms with van der Waals surface area (Å²) in [4.78, 5) is 14.1. The molecule has 4 rings (SSSR count). The molecule has 2 heterocycles. The van der Waals surface area contributed by atoms with Gasteiger partial charge in [0.2, 0.25) is 5.91 Å². The van der Waals surface area contributed by atoms with Crippen LogP contribution >= 0.6 is 0 Å². The number of nitrogens with zero attached hydrogens (tertiary/aromatic N) is 2. The van der Waals surface area contributed by atoms with Crippen molar-refractivity contribution < 1.29 is 4.79 Å². The van der Waals surface area contributed by atoms with E-state index in [1.807, 2.05) is 47.3 Å². The van der Waals surface area contributed by atoms with Gasteiger partial charge < -0.3 is 10.3 Å². The first-order valence-electron chi connectivity index (χ1n) is 7.62. The largest absolute Gasteiger partial charge is 0.308 e. The van der Waals surface area contributed by atoms with E-state index in [1.165, 1.54) is 0 Å². The van der Waals surface area contributed by atoms with Gasteiger partial charge in [-0.15, -0.1) is 5.53 Å². The summed E-state index contributed by atoms with van der Waals surface area (Å²) >= 11 is 0. The van der Waals surface area contributed by atoms with Crippen molar-refractivity contribution in [2.24, 2.45) is 0 Å². The molecule has 0 aromatic heterocycles. The van der Waals surface area contributed by atoms with Crippen LogP contribution in [-0.4, -0.2) is 18.0 Å². The molecule has 0 spiro atoms. The fraction of sp³-hybridized carbons (Fsp3) is 0.167. The Morgan fingerprint density at radius 2 is 1.74 bits per heavy atom. The number of hydrogen-bond acceptors (Lipinski definition) is 4. The van der Waals surface area contributed by atoms with Crippen molar-refractivity contribution >= 4 is 23.0 Å². The number of nitrogens with one attached hydrogen (secondary N) is 2. The summed E-state index contributed by atoms with van der Waals surface area (Å²) in [5, 5.41) is 1.95. The van der Waals surface area contributed by atoms with Gasteiger partial charge in [-0.05, 0) is 11.6 Å². The average molecular weight is 306 g/mol. The molecule has 5 heteroatoms. The Hall–Kier alpha value is -2.79. The van der Waals surface area contributed by atoms with Crippen LogP contribution in [0.25, 0.3) is 11.4 Å². The number of anilines is 1. The summed E-state index contributed by atoms with van der Waals surface area (Å²) in [6, 6.07) is 16.2. The maximum Gasteiger partial charge on any atom is 0.224 e. The Kier molecular flexibility index (Phi) is 3.09. The minimum absolute atomic E-state index is 0.0397. The van der Waals surface area contributed by atoms with Crippen LogP contribution in [-0.2, 0) is 11.3 Å². The monoisotopic (exact) mass is 306 g/mol. The molecule has 0 aliphatic carbocycles. The summed E-state index contributed by atoms with van der Waals surface area (Å²) in [5.41, 5.74) is 12.7. The average Bonchev–Trinajstić information content (AvgIpc) is 2.92. The topological polar surface area (TPSA) is 47.6 Å². The maximum absolute atomic E-state index is 12.3. The summed E-state index contributed by atoms with van der Waals surface area (Å²) < 4.78 is 0. The molecule has 23 heavy (non-hydrogen) atoms. The van der Waals surface area contributed by atoms with Gasteiger partial charge >= 0.3 is 0 Å². The number of hydrazine groups is 2. The quantitative estimate of drug-likeness (QED) is 0.784. The van der Waals surface area contributed by atoms with Gasteiger partial charge in [0.25, 0.3) is 0 Å². The highest BCUT2D eigenvalue weighted by atomic mass is 16.2. The van der Waals surface area contributed by atoms with Crippen LogP contribution in [0.5, 0.6) is 0 Å². The lowest BCUT2D eigenvalue weighted by molar-refractivity contribution is -0.116. The van der Waals surface area contributed by atoms with Crippen LogP contribution < -0.4 is 15.9 Å². The van der Waals surface area contributed by atoms with Crippen molar-refractivity contribution in [1.82, 2.24) is 16.0 Å². The molecule has 0 unspecified atom stereocenters. The molecule has 2 aromatic rings. The third-order valence-corrected chi connectivity index (χ3v) is 4.37. The van der Waals surface area contributed by atoms with E-state index in [2.05, 4.69) is 29.2 Å². The van der Waals surface area contributed by atoms with Gasteiger partial charge in [-0.2, -0.15) is 0 Å². The molecule has 2 aromatic carbocycles. The van der Waals surface area contributed by atoms with Crippen molar-refractivity contribution in [3.63, 3.8) is 0 Å². The second-order valence-electron chi connectivity index (χ2n) is 5.80. The van der Waals surface area contributed by atoms with Gasteiger partial charge in [0.05, 0.1) is 23.6 Å². The summed E-state index contributed by atoms with van der Waals surface area (Å²) in [5.74, 6) is 0.0397. The zero-order chi connectivity index (χ0) is 16.0. The lowest BCUT2D eigenvalue weighted by Gasteiger charge is -2.29. The van der Waals surface area contributed by atoms with Crippen molar-refractivity contribution in [3.8, 4) is 0 Å². The first-order chi connectivity index (χ1) is 11.2. The smallest absolute Gasteiger partial charge is 0.224 e. The first-order valence-corrected chi connectivity index (χ1v) is 7.62. The number of rotatable bonds is 0. The third kappa shape index (κ3) is 2.09. The van der Waals surface area contributed by atoms with Crippen molar-refractivity contribution in [1.29, 1.82) is 0 Å². The Bertz CT molecular complexity index is 827. The molecule has 1 amide bonds. The van der Waals surface area contributed by atoms with E-state index in [-0.39, 0.29) is 5.91 Å². The number of para-hydroxylation sites is 1. The highest BCUT2D eigenvalue weighted by Crippen LogP contribution is 2.38. The van der Waals surface area contributed by atoms with E-state index in [4.69, 9.17) is 0 Å². The number of fused-ring (bicyclic) bond motifs is 4. The fourth-order valence-electron chi connectivity index (χ4n) is 3.28. The summed E-state index contributed by atoms with van der Waals surface area (Å²) in [6.45, 7) is 2.18. The van der Waals surface area contributed by atoms with E-state index >= 15 is 0 Å². The fourth-order valence-corrected chi connectivity index (χ4v) is 3.28. The first kappa shape index (κ1) is 13.8. The maximum atomic E-state index is 12.3. The lowest BCUT2D eigenvalue weighted by atomic mass is 9.96.